The highest BCUT2D eigenvalue weighted by molar-refractivity contribution is 6.08. The number of ketones is 1. The summed E-state index contributed by atoms with van der Waals surface area (Å²) in [4.78, 5) is 43.9. The Morgan fingerprint density at radius 1 is 1.08 bits per heavy atom. The summed E-state index contributed by atoms with van der Waals surface area (Å²) in [6.45, 7) is 1.43. The van der Waals surface area contributed by atoms with Gasteiger partial charge in [-0.2, -0.15) is 10.2 Å². The van der Waals surface area contributed by atoms with Crippen LogP contribution in [-0.2, 0) is 22.7 Å². The summed E-state index contributed by atoms with van der Waals surface area (Å²) >= 11 is 0. The lowest BCUT2D eigenvalue weighted by molar-refractivity contribution is -0.139. The van der Waals surface area contributed by atoms with E-state index in [9.17, 15) is 18.8 Å². The van der Waals surface area contributed by atoms with Crippen LogP contribution in [0, 0.1) is 0 Å². The molecule has 0 bridgehead atoms. The highest BCUT2D eigenvalue weighted by Gasteiger charge is 2.39. The summed E-state index contributed by atoms with van der Waals surface area (Å²) in [7, 11) is 0. The minimum Gasteiger partial charge on any atom is -0.350 e. The molecule has 1 aromatic carbocycles. The Morgan fingerprint density at radius 2 is 1.95 bits per heavy atom. The number of hydrogen-bond acceptors (Lipinski definition) is 6. The van der Waals surface area contributed by atoms with E-state index in [4.69, 9.17) is 0 Å². The number of hydrogen-bond donors (Lipinski definition) is 1. The molecule has 10 heteroatoms. The molecule has 2 amide bonds. The Balaban J connectivity index is 1.37. The first kappa shape index (κ1) is 24.2. The summed E-state index contributed by atoms with van der Waals surface area (Å²) in [5, 5.41) is 11.2. The molecule has 9 nitrogen and oxygen atoms in total. The van der Waals surface area contributed by atoms with Crippen LogP contribution in [0.1, 0.15) is 29.3 Å². The predicted molar refractivity (Wildman–Crippen MR) is 134 cm³/mol. The predicted octanol–water partition coefficient (Wildman–Crippen LogP) is 2.95. The smallest absolute Gasteiger partial charge is 0.243 e. The Labute approximate surface area is 212 Å². The number of halogens is 1. The molecule has 4 heterocycles. The highest BCUT2D eigenvalue weighted by atomic mass is 19.1. The minimum atomic E-state index is -1.29. The summed E-state index contributed by atoms with van der Waals surface area (Å²) in [5.74, 6) is -0.940. The molecule has 1 N–H and O–H groups in total. The van der Waals surface area contributed by atoms with Crippen molar-refractivity contribution in [2.24, 2.45) is 0 Å². The van der Waals surface area contributed by atoms with Gasteiger partial charge in [-0.3, -0.25) is 19.4 Å². The quantitative estimate of drug-likeness (QED) is 0.391. The zero-order valence-corrected chi connectivity index (χ0v) is 20.2. The van der Waals surface area contributed by atoms with E-state index in [1.165, 1.54) is 11.8 Å². The molecule has 1 saturated heterocycles. The van der Waals surface area contributed by atoms with Crippen molar-refractivity contribution >= 4 is 28.5 Å². The molecule has 3 aromatic heterocycles. The topological polar surface area (TPSA) is 110 Å². The second kappa shape index (κ2) is 10.3. The lowest BCUT2D eigenvalue weighted by Gasteiger charge is -2.24. The van der Waals surface area contributed by atoms with E-state index < -0.39 is 24.0 Å². The van der Waals surface area contributed by atoms with Crippen molar-refractivity contribution in [1.82, 2.24) is 30.0 Å². The van der Waals surface area contributed by atoms with Gasteiger partial charge in [-0.05, 0) is 42.3 Å². The second-order valence-corrected chi connectivity index (χ2v) is 9.06. The molecule has 0 saturated carbocycles. The number of benzene rings is 1. The van der Waals surface area contributed by atoms with E-state index >= 15 is 0 Å². The zero-order valence-electron chi connectivity index (χ0n) is 20.2. The van der Waals surface area contributed by atoms with Crippen LogP contribution in [-0.4, -0.2) is 61.0 Å². The van der Waals surface area contributed by atoms with Crippen molar-refractivity contribution in [1.29, 1.82) is 0 Å². The molecular formula is C27H25FN6O3. The lowest BCUT2D eigenvalue weighted by Crippen LogP contribution is -2.46. The molecule has 2 atom stereocenters. The van der Waals surface area contributed by atoms with Crippen LogP contribution in [0.15, 0.2) is 67.4 Å². The number of amides is 2. The van der Waals surface area contributed by atoms with Crippen LogP contribution < -0.4 is 5.32 Å². The molecule has 4 aromatic rings. The van der Waals surface area contributed by atoms with Gasteiger partial charge in [0, 0.05) is 53.6 Å². The van der Waals surface area contributed by atoms with E-state index in [-0.39, 0.29) is 31.8 Å². The number of fused-ring (bicyclic) bond motifs is 1. The summed E-state index contributed by atoms with van der Waals surface area (Å²) in [5.41, 5.74) is 3.68. The number of aromatic nitrogens is 4. The van der Waals surface area contributed by atoms with E-state index in [2.05, 4.69) is 20.5 Å². The number of Topliss-reactive ketones (excluding diaryl/α,β-unsaturated/α-hetero) is 1. The third-order valence-corrected chi connectivity index (χ3v) is 6.55. The van der Waals surface area contributed by atoms with Crippen LogP contribution in [0.2, 0.25) is 0 Å². The molecule has 0 aliphatic carbocycles. The average molecular weight is 501 g/mol. The van der Waals surface area contributed by atoms with E-state index in [1.54, 1.807) is 41.6 Å². The lowest BCUT2D eigenvalue weighted by atomic mass is 10.0. The Kier molecular flexibility index (Phi) is 6.72. The van der Waals surface area contributed by atoms with Crippen LogP contribution in [0.3, 0.4) is 0 Å². The first-order valence-corrected chi connectivity index (χ1v) is 11.9. The number of alkyl halides is 1. The van der Waals surface area contributed by atoms with Gasteiger partial charge in [0.25, 0.3) is 0 Å². The number of rotatable bonds is 7. The summed E-state index contributed by atoms with van der Waals surface area (Å²) in [6, 6.07) is 10.1. The number of nitrogens with one attached hydrogen (secondary N) is 1. The number of carbonyl (C=O) groups excluding carboxylic acids is 3. The van der Waals surface area contributed by atoms with Gasteiger partial charge in [-0.1, -0.05) is 12.1 Å². The highest BCUT2D eigenvalue weighted by Crippen LogP contribution is 2.29. The van der Waals surface area contributed by atoms with Crippen molar-refractivity contribution in [3.8, 4) is 11.1 Å². The molecule has 1 aliphatic heterocycles. The first-order chi connectivity index (χ1) is 17.9. The number of nitrogens with zero attached hydrogens (tertiary/aromatic N) is 5. The monoisotopic (exact) mass is 500 g/mol. The van der Waals surface area contributed by atoms with Gasteiger partial charge < -0.3 is 14.8 Å². The maximum Gasteiger partial charge on any atom is 0.243 e. The zero-order chi connectivity index (χ0) is 25.9. The van der Waals surface area contributed by atoms with Gasteiger partial charge in [0.05, 0.1) is 18.9 Å². The van der Waals surface area contributed by atoms with Gasteiger partial charge >= 0.3 is 0 Å². The Hall–Kier alpha value is -4.47. The van der Waals surface area contributed by atoms with Gasteiger partial charge in [0.15, 0.2) is 5.78 Å². The molecule has 188 valence electrons. The maximum absolute atomic E-state index is 14.4. The van der Waals surface area contributed by atoms with Crippen molar-refractivity contribution in [3.63, 3.8) is 0 Å². The fraction of sp³-hybridized carbons (Fsp3) is 0.259. The van der Waals surface area contributed by atoms with Crippen LogP contribution in [0.4, 0.5) is 4.39 Å². The molecule has 0 radical (unpaired) electrons. The summed E-state index contributed by atoms with van der Waals surface area (Å²) in [6.07, 6.45) is 6.79. The molecular weight excluding hydrogens is 475 g/mol. The van der Waals surface area contributed by atoms with Crippen molar-refractivity contribution in [2.45, 2.75) is 38.6 Å². The molecule has 0 spiro atoms. The molecule has 1 unspecified atom stereocenters. The first-order valence-electron chi connectivity index (χ1n) is 11.9. The Bertz CT molecular complexity index is 1460. The molecule has 37 heavy (non-hydrogen) atoms. The fourth-order valence-electron chi connectivity index (χ4n) is 4.70. The van der Waals surface area contributed by atoms with Crippen molar-refractivity contribution in [3.05, 3.63) is 78.5 Å². The number of pyridine rings is 1. The SMILES string of the molecule is CC(=O)c1cn(CC(=O)N2C[C@H](F)CC2C(=O)NCc2cccnc2)c2ccc(-c3ccnnc3)cc12. The van der Waals surface area contributed by atoms with Gasteiger partial charge in [0.2, 0.25) is 11.8 Å². The Morgan fingerprint density at radius 3 is 2.68 bits per heavy atom. The van der Waals surface area contributed by atoms with Crippen LogP contribution >= 0.6 is 0 Å². The van der Waals surface area contributed by atoms with Crippen LogP contribution in [0.5, 0.6) is 0 Å². The average Bonchev–Trinajstić information content (AvgIpc) is 3.49. The minimum absolute atomic E-state index is 0.0565. The van der Waals surface area contributed by atoms with E-state index in [0.717, 1.165) is 16.7 Å². The van der Waals surface area contributed by atoms with E-state index in [0.29, 0.717) is 16.5 Å². The number of carbonyl (C=O) groups is 3. The largest absolute Gasteiger partial charge is 0.350 e. The van der Waals surface area contributed by atoms with E-state index in [1.807, 2.05) is 30.3 Å². The third-order valence-electron chi connectivity index (χ3n) is 6.55. The maximum atomic E-state index is 14.4. The fourth-order valence-corrected chi connectivity index (χ4v) is 4.70. The van der Waals surface area contributed by atoms with Gasteiger partial charge in [-0.15, -0.1) is 0 Å². The molecule has 5 rings (SSSR count). The standard InChI is InChI=1S/C27H25FN6O3/c1-17(35)23-15-33(24-5-4-19(9-22(23)24)20-6-8-31-32-13-20)16-26(36)34-14-21(28)10-25(34)27(37)30-12-18-3-2-7-29-11-18/h2-9,11,13,15,21,25H,10,12,14,16H2,1H3,(H,30,37)/t21-,25?/m1/s1. The second-order valence-electron chi connectivity index (χ2n) is 9.06. The van der Waals surface area contributed by atoms with Gasteiger partial charge in [0.1, 0.15) is 18.8 Å². The normalized spacial score (nSPS) is 17.2. The molecule has 1 fully saturated rings. The van der Waals surface area contributed by atoms with Crippen LogP contribution in [0.25, 0.3) is 22.0 Å². The number of likely N-dealkylation sites (tertiary alicyclic amines) is 1. The third kappa shape index (κ3) is 5.09. The van der Waals surface area contributed by atoms with Gasteiger partial charge in [-0.25, -0.2) is 4.39 Å². The molecule has 1 aliphatic rings. The summed E-state index contributed by atoms with van der Waals surface area (Å²) < 4.78 is 16.0. The van der Waals surface area contributed by atoms with Crippen molar-refractivity contribution < 1.29 is 18.8 Å². The van der Waals surface area contributed by atoms with Crippen molar-refractivity contribution in [2.75, 3.05) is 6.54 Å².